The lowest BCUT2D eigenvalue weighted by molar-refractivity contribution is -0.120. The zero-order valence-corrected chi connectivity index (χ0v) is 12.2. The zero-order chi connectivity index (χ0) is 15.3. The summed E-state index contributed by atoms with van der Waals surface area (Å²) in [6, 6.07) is 3.46. The van der Waals surface area contributed by atoms with E-state index in [2.05, 4.69) is 5.32 Å². The van der Waals surface area contributed by atoms with E-state index in [1.807, 2.05) is 0 Å². The molecule has 1 aromatic carbocycles. The average molecular weight is 303 g/mol. The van der Waals surface area contributed by atoms with Gasteiger partial charge in [0, 0.05) is 39.2 Å². The molecule has 20 heavy (non-hydrogen) atoms. The van der Waals surface area contributed by atoms with Crippen LogP contribution in [-0.4, -0.2) is 39.3 Å². The molecule has 0 saturated carbocycles. The fraction of sp³-hybridized carbons (Fsp3) is 0.417. The van der Waals surface area contributed by atoms with Crippen LogP contribution in [0.1, 0.15) is 12.0 Å². The van der Waals surface area contributed by atoms with Crippen molar-refractivity contribution < 1.29 is 17.6 Å². The lowest BCUT2D eigenvalue weighted by Crippen LogP contribution is -2.31. The van der Waals surface area contributed by atoms with Crippen molar-refractivity contribution in [2.24, 2.45) is 5.73 Å². The second-order valence-corrected chi connectivity index (χ2v) is 6.25. The maximum atomic E-state index is 13.3. The zero-order valence-electron chi connectivity index (χ0n) is 11.4. The number of benzene rings is 1. The van der Waals surface area contributed by atoms with Crippen LogP contribution in [0.3, 0.4) is 0 Å². The molecule has 1 rings (SSSR count). The Morgan fingerprint density at radius 1 is 1.45 bits per heavy atom. The molecule has 0 bridgehead atoms. The van der Waals surface area contributed by atoms with Crippen LogP contribution < -0.4 is 11.1 Å². The molecule has 0 aliphatic rings. The lowest BCUT2D eigenvalue weighted by atomic mass is 10.2. The van der Waals surface area contributed by atoms with Gasteiger partial charge in [0.25, 0.3) is 0 Å². The quantitative estimate of drug-likeness (QED) is 0.776. The Hall–Kier alpha value is -1.51. The normalized spacial score (nSPS) is 11.7. The molecule has 1 aromatic rings. The minimum Gasteiger partial charge on any atom is -0.359 e. The van der Waals surface area contributed by atoms with E-state index in [9.17, 15) is 17.6 Å². The molecular formula is C12H18FN3O3S. The van der Waals surface area contributed by atoms with Crippen molar-refractivity contribution in [1.29, 1.82) is 0 Å². The molecule has 112 valence electrons. The largest absolute Gasteiger partial charge is 0.359 e. The number of hydrogen-bond acceptors (Lipinski definition) is 4. The first kappa shape index (κ1) is 16.5. The molecular weight excluding hydrogens is 285 g/mol. The third-order valence-corrected chi connectivity index (χ3v) is 4.73. The van der Waals surface area contributed by atoms with Crippen LogP contribution in [0.25, 0.3) is 0 Å². The highest BCUT2D eigenvalue weighted by Gasteiger charge is 2.22. The molecule has 0 atom stereocenters. The highest BCUT2D eigenvalue weighted by Crippen LogP contribution is 2.18. The number of halogens is 1. The van der Waals surface area contributed by atoms with Gasteiger partial charge in [-0.1, -0.05) is 0 Å². The Morgan fingerprint density at radius 2 is 2.10 bits per heavy atom. The van der Waals surface area contributed by atoms with Crippen LogP contribution in [-0.2, 0) is 21.4 Å². The van der Waals surface area contributed by atoms with Crippen molar-refractivity contribution in [3.8, 4) is 0 Å². The summed E-state index contributed by atoms with van der Waals surface area (Å²) >= 11 is 0. The third kappa shape index (κ3) is 3.75. The summed E-state index contributed by atoms with van der Waals surface area (Å²) in [6.45, 7) is -0.0471. The van der Waals surface area contributed by atoms with Gasteiger partial charge in [-0.2, -0.15) is 0 Å². The van der Waals surface area contributed by atoms with Crippen molar-refractivity contribution in [2.45, 2.75) is 17.9 Å². The number of nitrogens with two attached hydrogens (primary N) is 1. The van der Waals surface area contributed by atoms with Gasteiger partial charge in [-0.05, 0) is 18.2 Å². The lowest BCUT2D eigenvalue weighted by Gasteiger charge is -2.17. The van der Waals surface area contributed by atoms with Gasteiger partial charge in [0.2, 0.25) is 15.9 Å². The summed E-state index contributed by atoms with van der Waals surface area (Å²) in [7, 11) is -0.920. The molecule has 0 radical (unpaired) electrons. The number of carbonyl (C=O) groups is 1. The summed E-state index contributed by atoms with van der Waals surface area (Å²) < 4.78 is 38.9. The molecule has 0 fully saturated rings. The van der Waals surface area contributed by atoms with Gasteiger partial charge in [0.15, 0.2) is 0 Å². The summed E-state index contributed by atoms with van der Waals surface area (Å²) in [4.78, 5) is 11.1. The van der Waals surface area contributed by atoms with Gasteiger partial charge in [-0.25, -0.2) is 17.1 Å². The number of sulfonamides is 1. The van der Waals surface area contributed by atoms with E-state index < -0.39 is 15.8 Å². The first-order valence-corrected chi connectivity index (χ1v) is 7.42. The molecule has 0 saturated heterocycles. The fourth-order valence-corrected chi connectivity index (χ4v) is 2.77. The Bertz CT molecular complexity index is 590. The van der Waals surface area contributed by atoms with E-state index in [0.29, 0.717) is 0 Å². The summed E-state index contributed by atoms with van der Waals surface area (Å²) in [6.07, 6.45) is 0.0527. The van der Waals surface area contributed by atoms with Crippen molar-refractivity contribution in [3.63, 3.8) is 0 Å². The maximum absolute atomic E-state index is 13.3. The van der Waals surface area contributed by atoms with E-state index in [4.69, 9.17) is 5.73 Å². The first-order chi connectivity index (χ1) is 9.32. The van der Waals surface area contributed by atoms with E-state index >= 15 is 0 Å². The fourth-order valence-electron chi connectivity index (χ4n) is 1.55. The van der Waals surface area contributed by atoms with Crippen LogP contribution >= 0.6 is 0 Å². The Labute approximate surface area is 117 Å². The first-order valence-electron chi connectivity index (χ1n) is 5.98. The van der Waals surface area contributed by atoms with Crippen LogP contribution in [0, 0.1) is 5.82 Å². The molecule has 0 aliphatic heterocycles. The predicted octanol–water partition coefficient (Wildman–Crippen LogP) is 0.0410. The van der Waals surface area contributed by atoms with E-state index in [0.717, 1.165) is 10.4 Å². The van der Waals surface area contributed by atoms with Gasteiger partial charge in [-0.3, -0.25) is 4.79 Å². The van der Waals surface area contributed by atoms with E-state index in [1.165, 1.54) is 26.2 Å². The Balaban J connectivity index is 2.95. The smallest absolute Gasteiger partial charge is 0.242 e. The highest BCUT2D eigenvalue weighted by molar-refractivity contribution is 7.89. The van der Waals surface area contributed by atoms with Crippen LogP contribution in [0.2, 0.25) is 0 Å². The molecule has 0 heterocycles. The SMILES string of the molecule is CNC(=O)CCN(C)S(=O)(=O)c1ccc(F)c(CN)c1. The van der Waals surface area contributed by atoms with Gasteiger partial charge in [0.05, 0.1) is 4.90 Å². The van der Waals surface area contributed by atoms with Crippen molar-refractivity contribution in [1.82, 2.24) is 9.62 Å². The molecule has 0 spiro atoms. The second kappa shape index (κ2) is 6.78. The van der Waals surface area contributed by atoms with Crippen LogP contribution in [0.5, 0.6) is 0 Å². The number of nitrogens with zero attached hydrogens (tertiary/aromatic N) is 1. The second-order valence-electron chi connectivity index (χ2n) is 4.21. The molecule has 0 aromatic heterocycles. The number of rotatable bonds is 6. The van der Waals surface area contributed by atoms with E-state index in [-0.39, 0.29) is 35.9 Å². The van der Waals surface area contributed by atoms with Crippen molar-refractivity contribution in [2.75, 3.05) is 20.6 Å². The van der Waals surface area contributed by atoms with Crippen molar-refractivity contribution >= 4 is 15.9 Å². The number of hydrogen-bond donors (Lipinski definition) is 2. The van der Waals surface area contributed by atoms with Crippen LogP contribution in [0.4, 0.5) is 4.39 Å². The monoisotopic (exact) mass is 303 g/mol. The number of carbonyl (C=O) groups excluding carboxylic acids is 1. The van der Waals surface area contributed by atoms with Gasteiger partial charge < -0.3 is 11.1 Å². The van der Waals surface area contributed by atoms with Gasteiger partial charge >= 0.3 is 0 Å². The topological polar surface area (TPSA) is 92.5 Å². The van der Waals surface area contributed by atoms with Crippen molar-refractivity contribution in [3.05, 3.63) is 29.6 Å². The number of nitrogens with one attached hydrogen (secondary N) is 1. The maximum Gasteiger partial charge on any atom is 0.242 e. The highest BCUT2D eigenvalue weighted by atomic mass is 32.2. The standard InChI is InChI=1S/C12H18FN3O3S/c1-15-12(17)5-6-16(2)20(18,19)10-3-4-11(13)9(7-10)8-14/h3-4,7H,5-6,8,14H2,1-2H3,(H,15,17). The average Bonchev–Trinajstić information content (AvgIpc) is 2.44. The molecule has 0 unspecified atom stereocenters. The summed E-state index contributed by atoms with van der Waals surface area (Å²) in [5, 5.41) is 2.41. The van der Waals surface area contributed by atoms with Gasteiger partial charge in [-0.15, -0.1) is 0 Å². The molecule has 6 nitrogen and oxygen atoms in total. The Kier molecular flexibility index (Phi) is 5.61. The van der Waals surface area contributed by atoms with Gasteiger partial charge in [0.1, 0.15) is 5.82 Å². The minimum atomic E-state index is -3.76. The minimum absolute atomic E-state index is 0.0390. The molecule has 3 N–H and O–H groups in total. The number of amides is 1. The molecule has 1 amide bonds. The summed E-state index contributed by atoms with van der Waals surface area (Å²) in [5.74, 6) is -0.798. The van der Waals surface area contributed by atoms with Crippen LogP contribution in [0.15, 0.2) is 23.1 Å². The predicted molar refractivity (Wildman–Crippen MR) is 72.8 cm³/mol. The molecule has 0 aliphatic carbocycles. The summed E-state index contributed by atoms with van der Waals surface area (Å²) in [5.41, 5.74) is 5.48. The molecule has 8 heteroatoms. The van der Waals surface area contributed by atoms with E-state index in [1.54, 1.807) is 0 Å². The third-order valence-electron chi connectivity index (χ3n) is 2.88. The Morgan fingerprint density at radius 3 is 2.65 bits per heavy atom.